The first-order chi connectivity index (χ1) is 35.6. The van der Waals surface area contributed by atoms with Gasteiger partial charge in [-0.15, -0.1) is 0 Å². The van der Waals surface area contributed by atoms with E-state index in [1.807, 2.05) is 27.7 Å². The molecule has 0 aliphatic rings. The fraction of sp³-hybridized carbons (Fsp3) is 0.621. The molecule has 74 heavy (non-hydrogen) atoms. The van der Waals surface area contributed by atoms with Gasteiger partial charge in [0.05, 0.1) is 11.1 Å². The molecule has 4 unspecified atom stereocenters. The third-order valence-electron chi connectivity index (χ3n) is 12.5. The van der Waals surface area contributed by atoms with E-state index in [4.69, 9.17) is 28.7 Å². The molecular weight excluding hydrogens is 953 g/mol. The Hall–Kier alpha value is -6.06. The average Bonchev–Trinajstić information content (AvgIpc) is 3.41. The quantitative estimate of drug-likeness (QED) is 0.0152. The molecular formula is C58H82O16. The Morgan fingerprint density at radius 1 is 0.324 bits per heavy atom. The van der Waals surface area contributed by atoms with Crippen LogP contribution in [-0.2, 0) is 47.9 Å². The lowest BCUT2D eigenvalue weighted by molar-refractivity contribution is -0.187. The van der Waals surface area contributed by atoms with Crippen LogP contribution >= 0.6 is 0 Å². The Bertz CT molecular complexity index is 2020. The minimum Gasteiger partial charge on any atom is -0.454 e. The van der Waals surface area contributed by atoms with Gasteiger partial charge in [-0.2, -0.15) is 0 Å². The van der Waals surface area contributed by atoms with Gasteiger partial charge < -0.3 is 18.9 Å². The van der Waals surface area contributed by atoms with Crippen LogP contribution in [0.3, 0.4) is 0 Å². The summed E-state index contributed by atoms with van der Waals surface area (Å²) in [4.78, 5) is 149. The van der Waals surface area contributed by atoms with Crippen molar-refractivity contribution in [2.45, 2.75) is 234 Å². The number of esters is 4. The van der Waals surface area contributed by atoms with Gasteiger partial charge in [-0.3, -0.25) is 38.4 Å². The first-order valence-electron chi connectivity index (χ1n) is 27.2. The summed E-state index contributed by atoms with van der Waals surface area (Å²) in [6, 6.07) is 7.46. The van der Waals surface area contributed by atoms with Gasteiger partial charge in [0, 0.05) is 47.9 Å². The number of ether oxygens (including phenoxy) is 4. The molecule has 0 N–H and O–H groups in total. The number of carbonyl (C=O) groups excluding carboxylic acids is 10. The molecule has 0 saturated heterocycles. The molecule has 0 fully saturated rings. The van der Waals surface area contributed by atoms with Crippen molar-refractivity contribution in [1.82, 2.24) is 0 Å². The van der Waals surface area contributed by atoms with Gasteiger partial charge in [-0.1, -0.05) is 157 Å². The number of benzene rings is 2. The van der Waals surface area contributed by atoms with E-state index in [0.717, 1.165) is 76.3 Å². The van der Waals surface area contributed by atoms with E-state index in [1.165, 1.54) is 24.3 Å². The molecule has 2 aromatic carbocycles. The molecule has 0 saturated carbocycles. The van der Waals surface area contributed by atoms with Crippen LogP contribution in [0.25, 0.3) is 0 Å². The summed E-state index contributed by atoms with van der Waals surface area (Å²) < 4.78 is 22.5. The summed E-state index contributed by atoms with van der Waals surface area (Å²) in [6.45, 7) is 14.3. The van der Waals surface area contributed by atoms with E-state index in [2.05, 4.69) is 0 Å². The lowest BCUT2D eigenvalue weighted by atomic mass is 9.88. The van der Waals surface area contributed by atoms with E-state index in [9.17, 15) is 47.9 Å². The molecule has 2 aromatic rings. The molecule has 410 valence electrons. The smallest absolute Gasteiger partial charge is 0.387 e. The minimum absolute atomic E-state index is 0.0398. The van der Waals surface area contributed by atoms with Crippen molar-refractivity contribution in [3.8, 4) is 0 Å². The Labute approximate surface area is 438 Å². The van der Waals surface area contributed by atoms with Crippen LogP contribution in [0.2, 0.25) is 0 Å². The summed E-state index contributed by atoms with van der Waals surface area (Å²) in [5, 5.41) is 0. The van der Waals surface area contributed by atoms with Crippen molar-refractivity contribution >= 4 is 58.9 Å². The molecule has 0 heterocycles. The molecule has 16 heteroatoms. The zero-order valence-corrected chi connectivity index (χ0v) is 45.3. The van der Waals surface area contributed by atoms with E-state index in [0.29, 0.717) is 38.5 Å². The van der Waals surface area contributed by atoms with Crippen LogP contribution in [0.15, 0.2) is 36.4 Å². The first kappa shape index (κ1) is 64.1. The van der Waals surface area contributed by atoms with Crippen LogP contribution in [0.1, 0.15) is 272 Å². The van der Waals surface area contributed by atoms with Crippen molar-refractivity contribution < 1.29 is 76.7 Å². The van der Waals surface area contributed by atoms with Crippen molar-refractivity contribution in [2.75, 3.05) is 0 Å². The van der Waals surface area contributed by atoms with Crippen molar-refractivity contribution in [1.29, 1.82) is 0 Å². The van der Waals surface area contributed by atoms with E-state index < -0.39 is 106 Å². The van der Waals surface area contributed by atoms with Gasteiger partial charge in [-0.25, -0.2) is 19.4 Å². The number of hydrogen-bond donors (Lipinski definition) is 0. The average molecular weight is 1040 g/mol. The zero-order valence-electron chi connectivity index (χ0n) is 45.3. The van der Waals surface area contributed by atoms with Crippen LogP contribution < -0.4 is 0 Å². The molecule has 0 amide bonds. The molecule has 16 nitrogen and oxygen atoms in total. The maximum absolute atomic E-state index is 14.8. The maximum Gasteiger partial charge on any atom is 0.387 e. The maximum atomic E-state index is 14.8. The van der Waals surface area contributed by atoms with Gasteiger partial charge >= 0.3 is 35.8 Å². The molecule has 4 atom stereocenters. The Morgan fingerprint density at radius 3 is 0.811 bits per heavy atom. The molecule has 0 aromatic heterocycles. The minimum atomic E-state index is -1.46. The first-order valence-corrected chi connectivity index (χ1v) is 27.2. The number of ketones is 4. The summed E-state index contributed by atoms with van der Waals surface area (Å²) >= 11 is 0. The number of unbranched alkanes of at least 4 members (excludes halogenated alkanes) is 12. The Morgan fingerprint density at radius 2 is 0.568 bits per heavy atom. The fourth-order valence-electron chi connectivity index (χ4n) is 8.19. The summed E-state index contributed by atoms with van der Waals surface area (Å²) in [5.74, 6) is -9.08. The van der Waals surface area contributed by atoms with Crippen LogP contribution in [0.5, 0.6) is 0 Å². The summed E-state index contributed by atoms with van der Waals surface area (Å²) in [5.41, 5.74) is -2.82. The lowest BCUT2D eigenvalue weighted by Crippen LogP contribution is -2.34. The van der Waals surface area contributed by atoms with Gasteiger partial charge in [0.1, 0.15) is 0 Å². The van der Waals surface area contributed by atoms with Crippen molar-refractivity contribution in [3.63, 3.8) is 0 Å². The van der Waals surface area contributed by atoms with Crippen LogP contribution in [-0.4, -0.2) is 83.4 Å². The largest absolute Gasteiger partial charge is 0.454 e. The topological polar surface area (TPSA) is 226 Å². The third-order valence-corrected chi connectivity index (χ3v) is 12.5. The lowest BCUT2D eigenvalue weighted by Gasteiger charge is -2.22. The monoisotopic (exact) mass is 1030 g/mol. The molecule has 2 rings (SSSR count). The normalized spacial score (nSPS) is 12.6. The predicted molar refractivity (Wildman–Crippen MR) is 277 cm³/mol. The molecule has 0 radical (unpaired) electrons. The zero-order chi connectivity index (χ0) is 55.0. The van der Waals surface area contributed by atoms with Gasteiger partial charge in [0.25, 0.3) is 0 Å². The fourth-order valence-corrected chi connectivity index (χ4v) is 8.19. The van der Waals surface area contributed by atoms with Crippen molar-refractivity contribution in [2.24, 2.45) is 0 Å². The van der Waals surface area contributed by atoms with Crippen LogP contribution in [0, 0.1) is 0 Å². The van der Waals surface area contributed by atoms with E-state index in [-0.39, 0.29) is 62.5 Å². The molecule has 0 aliphatic heterocycles. The molecule has 0 spiro atoms. The van der Waals surface area contributed by atoms with E-state index >= 15 is 0 Å². The number of hydrogen-bond acceptors (Lipinski definition) is 16. The summed E-state index contributed by atoms with van der Waals surface area (Å²) in [7, 11) is 0. The predicted octanol–water partition coefficient (Wildman–Crippen LogP) is 12.5. The highest BCUT2D eigenvalue weighted by atomic mass is 17.2. The van der Waals surface area contributed by atoms with E-state index in [1.54, 1.807) is 27.7 Å². The second-order valence-electron chi connectivity index (χ2n) is 18.4. The highest BCUT2D eigenvalue weighted by Gasteiger charge is 2.38. The van der Waals surface area contributed by atoms with Crippen molar-refractivity contribution in [3.05, 3.63) is 69.8 Å². The van der Waals surface area contributed by atoms with Gasteiger partial charge in [-0.05, 0) is 63.5 Å². The van der Waals surface area contributed by atoms with Gasteiger partial charge in [0.15, 0.2) is 24.4 Å². The molecule has 0 aliphatic carbocycles. The second-order valence-corrected chi connectivity index (χ2v) is 18.4. The van der Waals surface area contributed by atoms with Crippen LogP contribution in [0.4, 0.5) is 0 Å². The Balaban J connectivity index is 2.88. The third kappa shape index (κ3) is 21.0. The number of carbonyl (C=O) groups is 10. The second kappa shape index (κ2) is 36.0. The standard InChI is InChI=1S/C58H82O16/c1-9-17-21-25-35-43(69-47(59)13-5)53(63)39-31-29-33-41(51(39)55(65)45(71-49(61)15-7)37-27-23-19-11-3)57(67)73-74-58(68)42-34-30-32-40(54(64)44(70-48(60)14-6)36-26-22-18-10-2)52(42)56(66)46(72-50(62)16-8)38-28-24-20-12-4/h29-34,43-46H,9-28,35-38H2,1-8H3. The Kier molecular flexibility index (Phi) is 31.1. The molecule has 0 bridgehead atoms. The highest BCUT2D eigenvalue weighted by Crippen LogP contribution is 2.29. The SMILES string of the molecule is CCCCCCC(OC(=O)CC)C(=O)c1cccc(C(=O)OOC(=O)c2cccc(C(=O)C(CCCCCC)OC(=O)CC)c2C(=O)C(CCCCCC)OC(=O)CC)c1C(=O)C(CCCCCC)OC(=O)CC. The number of rotatable bonds is 38. The van der Waals surface area contributed by atoms with Gasteiger partial charge in [0.2, 0.25) is 23.1 Å². The highest BCUT2D eigenvalue weighted by molar-refractivity contribution is 6.18. The number of Topliss-reactive ketones (excluding diaryl/α,β-unsaturated/α-hetero) is 4. The summed E-state index contributed by atoms with van der Waals surface area (Å²) in [6.07, 6.45) is 5.98.